The van der Waals surface area contributed by atoms with Crippen molar-refractivity contribution < 1.29 is 13.9 Å². The number of hydrogen-bond donors (Lipinski definition) is 2. The van der Waals surface area contributed by atoms with Crippen molar-refractivity contribution >= 4 is 5.91 Å². The molecule has 0 saturated heterocycles. The fourth-order valence-corrected chi connectivity index (χ4v) is 1.86. The molecule has 1 aromatic rings. The van der Waals surface area contributed by atoms with E-state index in [0.717, 1.165) is 18.4 Å². The van der Waals surface area contributed by atoms with E-state index in [1.807, 2.05) is 6.92 Å². The van der Waals surface area contributed by atoms with Crippen LogP contribution in [-0.4, -0.2) is 25.1 Å². The first kappa shape index (κ1) is 16.4. The Hall–Kier alpha value is -1.62. The van der Waals surface area contributed by atoms with Gasteiger partial charge in [-0.2, -0.15) is 0 Å². The fourth-order valence-electron chi connectivity index (χ4n) is 1.86. The lowest BCUT2D eigenvalue weighted by Crippen LogP contribution is -2.51. The number of hydrogen-bond acceptors (Lipinski definition) is 3. The summed E-state index contributed by atoms with van der Waals surface area (Å²) in [6, 6.07) is 4.78. The zero-order valence-electron chi connectivity index (χ0n) is 12.3. The van der Waals surface area contributed by atoms with Gasteiger partial charge in [-0.15, -0.1) is 0 Å². The normalized spacial score (nSPS) is 13.8. The Morgan fingerprint density at radius 3 is 2.75 bits per heavy atom. The van der Waals surface area contributed by atoms with Crippen molar-refractivity contribution in [3.8, 4) is 5.75 Å². The number of rotatable bonds is 8. The summed E-state index contributed by atoms with van der Waals surface area (Å²) in [5.41, 5.74) is 5.60. The summed E-state index contributed by atoms with van der Waals surface area (Å²) in [7, 11) is 1.71. The Morgan fingerprint density at radius 2 is 2.15 bits per heavy atom. The van der Waals surface area contributed by atoms with E-state index in [2.05, 4.69) is 5.32 Å². The third-order valence-corrected chi connectivity index (χ3v) is 3.51. The van der Waals surface area contributed by atoms with Crippen LogP contribution < -0.4 is 15.8 Å². The van der Waals surface area contributed by atoms with E-state index in [1.54, 1.807) is 26.1 Å². The van der Waals surface area contributed by atoms with Gasteiger partial charge in [-0.3, -0.25) is 4.79 Å². The zero-order valence-corrected chi connectivity index (χ0v) is 12.3. The maximum Gasteiger partial charge on any atom is 0.237 e. The number of nitrogens with two attached hydrogens (primary N) is 1. The number of unbranched alkanes of at least 4 members (excludes halogenated alkanes) is 1. The van der Waals surface area contributed by atoms with Crippen LogP contribution in [0.25, 0.3) is 0 Å². The third kappa shape index (κ3) is 4.49. The van der Waals surface area contributed by atoms with Gasteiger partial charge in [0.25, 0.3) is 0 Å². The number of aryl methyl sites for hydroxylation is 1. The van der Waals surface area contributed by atoms with E-state index in [0.29, 0.717) is 13.0 Å². The molecule has 0 aromatic heterocycles. The summed E-state index contributed by atoms with van der Waals surface area (Å²) in [4.78, 5) is 11.3. The SMILES string of the molecule is CNC(C)(CCCCOc1cc(C)ccc1F)C(N)=O. The van der Waals surface area contributed by atoms with Crippen LogP contribution in [0.4, 0.5) is 4.39 Å². The molecule has 0 aliphatic carbocycles. The molecular weight excluding hydrogens is 259 g/mol. The molecule has 0 aliphatic rings. The summed E-state index contributed by atoms with van der Waals surface area (Å²) in [6.45, 7) is 4.08. The Balaban J connectivity index is 2.35. The molecule has 20 heavy (non-hydrogen) atoms. The van der Waals surface area contributed by atoms with Crippen LogP contribution in [-0.2, 0) is 4.79 Å². The van der Waals surface area contributed by atoms with Crippen LogP contribution >= 0.6 is 0 Å². The number of nitrogens with one attached hydrogen (secondary N) is 1. The number of halogens is 1. The summed E-state index contributed by atoms with van der Waals surface area (Å²) in [5, 5.41) is 2.93. The Bertz CT molecular complexity index is 465. The van der Waals surface area contributed by atoms with Gasteiger partial charge < -0.3 is 15.8 Å². The second-order valence-corrected chi connectivity index (χ2v) is 5.19. The molecule has 1 amide bonds. The first-order valence-corrected chi connectivity index (χ1v) is 6.77. The number of ether oxygens (including phenoxy) is 1. The number of benzene rings is 1. The molecule has 0 bridgehead atoms. The van der Waals surface area contributed by atoms with Crippen LogP contribution in [0.5, 0.6) is 5.75 Å². The zero-order chi connectivity index (χ0) is 15.2. The first-order chi connectivity index (χ1) is 9.39. The van der Waals surface area contributed by atoms with Crippen LogP contribution in [0.1, 0.15) is 31.7 Å². The molecule has 1 unspecified atom stereocenters. The number of carbonyl (C=O) groups is 1. The van der Waals surface area contributed by atoms with E-state index in [4.69, 9.17) is 10.5 Å². The number of likely N-dealkylation sites (N-methyl/N-ethyl adjacent to an activating group) is 1. The molecule has 3 N–H and O–H groups in total. The summed E-state index contributed by atoms with van der Waals surface area (Å²) in [6.07, 6.45) is 2.13. The second-order valence-electron chi connectivity index (χ2n) is 5.19. The predicted octanol–water partition coefficient (Wildman–Crippen LogP) is 2.15. The van der Waals surface area contributed by atoms with Crippen LogP contribution in [0.3, 0.4) is 0 Å². The van der Waals surface area contributed by atoms with Gasteiger partial charge in [-0.25, -0.2) is 4.39 Å². The Morgan fingerprint density at radius 1 is 1.45 bits per heavy atom. The number of carbonyl (C=O) groups excluding carboxylic acids is 1. The van der Waals surface area contributed by atoms with Crippen molar-refractivity contribution in [3.05, 3.63) is 29.6 Å². The van der Waals surface area contributed by atoms with Gasteiger partial charge in [0.15, 0.2) is 11.6 Å². The minimum absolute atomic E-state index is 0.274. The van der Waals surface area contributed by atoms with Crippen LogP contribution in [0.2, 0.25) is 0 Å². The number of amides is 1. The lowest BCUT2D eigenvalue weighted by molar-refractivity contribution is -0.123. The van der Waals surface area contributed by atoms with Crippen molar-refractivity contribution in [1.82, 2.24) is 5.32 Å². The smallest absolute Gasteiger partial charge is 0.237 e. The van der Waals surface area contributed by atoms with Gasteiger partial charge in [-0.1, -0.05) is 6.07 Å². The molecule has 0 aliphatic heterocycles. The summed E-state index contributed by atoms with van der Waals surface area (Å²) in [5.74, 6) is -0.449. The molecule has 4 nitrogen and oxygen atoms in total. The average molecular weight is 282 g/mol. The highest BCUT2D eigenvalue weighted by Crippen LogP contribution is 2.19. The maximum atomic E-state index is 13.4. The largest absolute Gasteiger partial charge is 0.491 e. The molecule has 0 heterocycles. The lowest BCUT2D eigenvalue weighted by Gasteiger charge is -2.25. The van der Waals surface area contributed by atoms with Gasteiger partial charge in [0.05, 0.1) is 12.1 Å². The van der Waals surface area contributed by atoms with Crippen LogP contribution in [0, 0.1) is 12.7 Å². The standard InChI is InChI=1S/C15H23FN2O2/c1-11-6-7-12(16)13(10-11)20-9-5-4-8-15(2,18-3)14(17)19/h6-7,10,18H,4-5,8-9H2,1-3H3,(H2,17,19). The third-order valence-electron chi connectivity index (χ3n) is 3.51. The van der Waals surface area contributed by atoms with E-state index < -0.39 is 5.54 Å². The molecule has 0 fully saturated rings. The van der Waals surface area contributed by atoms with E-state index in [9.17, 15) is 9.18 Å². The molecule has 1 rings (SSSR count). The predicted molar refractivity (Wildman–Crippen MR) is 77.1 cm³/mol. The highest BCUT2D eigenvalue weighted by molar-refractivity contribution is 5.84. The molecule has 0 radical (unpaired) electrons. The lowest BCUT2D eigenvalue weighted by atomic mass is 9.94. The molecule has 0 spiro atoms. The van der Waals surface area contributed by atoms with E-state index in [-0.39, 0.29) is 17.5 Å². The van der Waals surface area contributed by atoms with E-state index >= 15 is 0 Å². The Labute approximate surface area is 119 Å². The first-order valence-electron chi connectivity index (χ1n) is 6.77. The van der Waals surface area contributed by atoms with Crippen molar-refractivity contribution in [3.63, 3.8) is 0 Å². The minimum atomic E-state index is -0.700. The van der Waals surface area contributed by atoms with Gasteiger partial charge >= 0.3 is 0 Å². The average Bonchev–Trinajstić information content (AvgIpc) is 2.41. The van der Waals surface area contributed by atoms with Gasteiger partial charge in [-0.05, 0) is 57.9 Å². The van der Waals surface area contributed by atoms with Crippen molar-refractivity contribution in [1.29, 1.82) is 0 Å². The van der Waals surface area contributed by atoms with Gasteiger partial charge in [0.1, 0.15) is 0 Å². The number of primary amides is 1. The molecule has 0 saturated carbocycles. The van der Waals surface area contributed by atoms with Gasteiger partial charge in [0.2, 0.25) is 5.91 Å². The van der Waals surface area contributed by atoms with Crippen molar-refractivity contribution in [2.45, 2.75) is 38.6 Å². The van der Waals surface area contributed by atoms with Gasteiger partial charge in [0, 0.05) is 0 Å². The second kappa shape index (κ2) is 7.24. The van der Waals surface area contributed by atoms with E-state index in [1.165, 1.54) is 6.07 Å². The fraction of sp³-hybridized carbons (Fsp3) is 0.533. The van der Waals surface area contributed by atoms with Crippen molar-refractivity contribution in [2.24, 2.45) is 5.73 Å². The minimum Gasteiger partial charge on any atom is -0.491 e. The molecule has 112 valence electrons. The maximum absolute atomic E-state index is 13.4. The molecule has 5 heteroatoms. The summed E-state index contributed by atoms with van der Waals surface area (Å²) >= 11 is 0. The Kier molecular flexibility index (Phi) is 5.95. The molecule has 1 aromatic carbocycles. The quantitative estimate of drug-likeness (QED) is 0.718. The highest BCUT2D eigenvalue weighted by Gasteiger charge is 2.27. The molecular formula is C15H23FN2O2. The van der Waals surface area contributed by atoms with Crippen molar-refractivity contribution in [2.75, 3.05) is 13.7 Å². The summed E-state index contributed by atoms with van der Waals surface area (Å²) < 4.78 is 18.8. The topological polar surface area (TPSA) is 64.3 Å². The van der Waals surface area contributed by atoms with Crippen LogP contribution in [0.15, 0.2) is 18.2 Å². The highest BCUT2D eigenvalue weighted by atomic mass is 19.1. The molecule has 1 atom stereocenters. The monoisotopic (exact) mass is 282 g/mol.